The molecule has 0 saturated heterocycles. The van der Waals surface area contributed by atoms with Gasteiger partial charge >= 0.3 is 0 Å². The van der Waals surface area contributed by atoms with E-state index in [4.69, 9.17) is 0 Å². The van der Waals surface area contributed by atoms with Gasteiger partial charge in [-0.25, -0.2) is 0 Å². The zero-order chi connectivity index (χ0) is 16.1. The van der Waals surface area contributed by atoms with E-state index in [0.29, 0.717) is 15.2 Å². The fraction of sp³-hybridized carbons (Fsp3) is 0.667. The summed E-state index contributed by atoms with van der Waals surface area (Å²) >= 11 is 8.64. The maximum absolute atomic E-state index is 4.55. The standard InChI is InChI=1S/C18H30S3/c1-14(19)12-17(3,4)20-15(2)13-18(5,6)21-16-10-8-7-9-11-16/h7-11,14-15,19H,12-13H2,1-6H3. The molecule has 21 heavy (non-hydrogen) atoms. The van der Waals surface area contributed by atoms with Crippen LogP contribution in [0.3, 0.4) is 0 Å². The zero-order valence-corrected chi connectivity index (χ0v) is 16.7. The lowest BCUT2D eigenvalue weighted by atomic mass is 10.1. The van der Waals surface area contributed by atoms with E-state index in [9.17, 15) is 0 Å². The van der Waals surface area contributed by atoms with Gasteiger partial charge in [-0.1, -0.05) is 59.7 Å². The van der Waals surface area contributed by atoms with Crippen LogP contribution in [0.15, 0.2) is 35.2 Å². The van der Waals surface area contributed by atoms with Gasteiger partial charge in [0.05, 0.1) is 0 Å². The smallest absolute Gasteiger partial charge is 0.0161 e. The van der Waals surface area contributed by atoms with Crippen LogP contribution in [0.2, 0.25) is 0 Å². The summed E-state index contributed by atoms with van der Waals surface area (Å²) in [5.74, 6) is 0. The first-order chi connectivity index (χ1) is 9.60. The molecule has 0 aliphatic carbocycles. The summed E-state index contributed by atoms with van der Waals surface area (Å²) in [6.07, 6.45) is 2.36. The van der Waals surface area contributed by atoms with Crippen LogP contribution in [0.4, 0.5) is 0 Å². The SMILES string of the molecule is CC(S)CC(C)(C)SC(C)CC(C)(C)Sc1ccccc1. The summed E-state index contributed by atoms with van der Waals surface area (Å²) in [7, 11) is 0. The van der Waals surface area contributed by atoms with Crippen molar-refractivity contribution in [3.05, 3.63) is 30.3 Å². The molecule has 0 nitrogen and oxygen atoms in total. The highest BCUT2D eigenvalue weighted by Gasteiger charge is 2.28. The quantitative estimate of drug-likeness (QED) is 0.420. The second kappa shape index (κ2) is 8.21. The van der Waals surface area contributed by atoms with Crippen molar-refractivity contribution in [2.75, 3.05) is 0 Å². The molecule has 120 valence electrons. The monoisotopic (exact) mass is 342 g/mol. The van der Waals surface area contributed by atoms with Gasteiger partial charge in [-0.3, -0.25) is 0 Å². The molecule has 0 aromatic heterocycles. The second-order valence-electron chi connectivity index (χ2n) is 7.12. The summed E-state index contributed by atoms with van der Waals surface area (Å²) in [4.78, 5) is 1.36. The minimum absolute atomic E-state index is 0.260. The zero-order valence-electron chi connectivity index (χ0n) is 14.2. The van der Waals surface area contributed by atoms with Crippen LogP contribution in [-0.4, -0.2) is 20.0 Å². The minimum Gasteiger partial charge on any atom is -0.176 e. The van der Waals surface area contributed by atoms with Crippen molar-refractivity contribution in [1.82, 2.24) is 0 Å². The number of hydrogen-bond donors (Lipinski definition) is 1. The fourth-order valence-electron chi connectivity index (χ4n) is 2.89. The summed E-state index contributed by atoms with van der Waals surface area (Å²) in [5, 5.41) is 1.12. The van der Waals surface area contributed by atoms with Gasteiger partial charge in [0.15, 0.2) is 0 Å². The van der Waals surface area contributed by atoms with Gasteiger partial charge in [0.25, 0.3) is 0 Å². The Labute approximate surface area is 145 Å². The highest BCUT2D eigenvalue weighted by Crippen LogP contribution is 2.41. The second-order valence-corrected chi connectivity index (χ2v) is 11.9. The number of rotatable bonds is 8. The maximum atomic E-state index is 4.55. The summed E-state index contributed by atoms with van der Waals surface area (Å²) in [6.45, 7) is 14.0. The molecule has 2 atom stereocenters. The third-order valence-electron chi connectivity index (χ3n) is 3.22. The largest absolute Gasteiger partial charge is 0.176 e. The lowest BCUT2D eigenvalue weighted by Gasteiger charge is -2.33. The third kappa shape index (κ3) is 8.47. The van der Waals surface area contributed by atoms with Gasteiger partial charge in [-0.2, -0.15) is 24.4 Å². The van der Waals surface area contributed by atoms with Gasteiger partial charge in [0.1, 0.15) is 0 Å². The Balaban J connectivity index is 2.54. The molecule has 0 fully saturated rings. The van der Waals surface area contributed by atoms with Crippen molar-refractivity contribution >= 4 is 36.2 Å². The first kappa shape index (κ1) is 19.3. The van der Waals surface area contributed by atoms with Crippen LogP contribution in [-0.2, 0) is 0 Å². The Hall–Kier alpha value is 0.270. The highest BCUT2D eigenvalue weighted by atomic mass is 32.2. The number of hydrogen-bond acceptors (Lipinski definition) is 3. The van der Waals surface area contributed by atoms with E-state index in [1.807, 2.05) is 11.8 Å². The molecule has 0 aliphatic heterocycles. The van der Waals surface area contributed by atoms with Crippen LogP contribution < -0.4 is 0 Å². The summed E-state index contributed by atoms with van der Waals surface area (Å²) in [6, 6.07) is 10.7. The molecule has 0 radical (unpaired) electrons. The maximum Gasteiger partial charge on any atom is 0.0161 e. The van der Waals surface area contributed by atoms with Crippen LogP contribution in [0.5, 0.6) is 0 Å². The number of thioether (sulfide) groups is 2. The molecule has 0 spiro atoms. The first-order valence-electron chi connectivity index (χ1n) is 7.70. The van der Waals surface area contributed by atoms with E-state index in [0.717, 1.165) is 6.42 Å². The average molecular weight is 343 g/mol. The van der Waals surface area contributed by atoms with Crippen LogP contribution >= 0.6 is 36.2 Å². The predicted octanol–water partition coefficient (Wildman–Crippen LogP) is 6.56. The normalized spacial score (nSPS) is 15.8. The molecule has 0 saturated carbocycles. The van der Waals surface area contributed by atoms with Crippen molar-refractivity contribution in [2.24, 2.45) is 0 Å². The fourth-order valence-corrected chi connectivity index (χ4v) is 6.77. The van der Waals surface area contributed by atoms with Crippen LogP contribution in [0, 0.1) is 0 Å². The average Bonchev–Trinajstić information content (AvgIpc) is 2.24. The van der Waals surface area contributed by atoms with E-state index in [1.165, 1.54) is 11.3 Å². The first-order valence-corrected chi connectivity index (χ1v) is 9.91. The van der Waals surface area contributed by atoms with E-state index < -0.39 is 0 Å². The van der Waals surface area contributed by atoms with Crippen LogP contribution in [0.1, 0.15) is 54.4 Å². The van der Waals surface area contributed by atoms with Gasteiger partial charge in [-0.05, 0) is 25.0 Å². The van der Waals surface area contributed by atoms with Crippen molar-refractivity contribution in [3.63, 3.8) is 0 Å². The molecule has 1 rings (SSSR count). The summed E-state index contributed by atoms with van der Waals surface area (Å²) in [5.41, 5.74) is 0. The highest BCUT2D eigenvalue weighted by molar-refractivity contribution is 8.01. The Morgan fingerprint density at radius 3 is 2.05 bits per heavy atom. The Bertz CT molecular complexity index is 410. The summed E-state index contributed by atoms with van der Waals surface area (Å²) < 4.78 is 0.560. The topological polar surface area (TPSA) is 0 Å². The molecule has 2 unspecified atom stereocenters. The van der Waals surface area contributed by atoms with Crippen molar-refractivity contribution in [1.29, 1.82) is 0 Å². The molecular formula is C18H30S3. The van der Waals surface area contributed by atoms with Crippen molar-refractivity contribution in [2.45, 2.75) is 79.3 Å². The predicted molar refractivity (Wildman–Crippen MR) is 105 cm³/mol. The lowest BCUT2D eigenvalue weighted by Crippen LogP contribution is -2.26. The lowest BCUT2D eigenvalue weighted by molar-refractivity contribution is 0.608. The molecule has 0 N–H and O–H groups in total. The Morgan fingerprint density at radius 2 is 1.52 bits per heavy atom. The Morgan fingerprint density at radius 1 is 0.952 bits per heavy atom. The van der Waals surface area contributed by atoms with Gasteiger partial charge in [0.2, 0.25) is 0 Å². The molecular weight excluding hydrogens is 312 g/mol. The van der Waals surface area contributed by atoms with E-state index in [-0.39, 0.29) is 4.75 Å². The molecule has 0 aliphatic rings. The van der Waals surface area contributed by atoms with Crippen molar-refractivity contribution < 1.29 is 0 Å². The van der Waals surface area contributed by atoms with Gasteiger partial charge in [-0.15, -0.1) is 11.8 Å². The molecule has 3 heteroatoms. The van der Waals surface area contributed by atoms with E-state index >= 15 is 0 Å². The molecule has 1 aromatic rings. The molecule has 0 amide bonds. The minimum atomic E-state index is 0.260. The number of benzene rings is 1. The molecule has 0 heterocycles. The third-order valence-corrected chi connectivity index (χ3v) is 6.01. The molecule has 0 bridgehead atoms. The molecule has 1 aromatic carbocycles. The van der Waals surface area contributed by atoms with E-state index in [1.54, 1.807) is 0 Å². The van der Waals surface area contributed by atoms with Crippen LogP contribution in [0.25, 0.3) is 0 Å². The number of thiol groups is 1. The van der Waals surface area contributed by atoms with Crippen molar-refractivity contribution in [3.8, 4) is 0 Å². The Kier molecular flexibility index (Phi) is 7.56. The van der Waals surface area contributed by atoms with Gasteiger partial charge < -0.3 is 0 Å². The van der Waals surface area contributed by atoms with Gasteiger partial charge in [0, 0.05) is 24.9 Å². The van der Waals surface area contributed by atoms with E-state index in [2.05, 4.69) is 96.3 Å².